The summed E-state index contributed by atoms with van der Waals surface area (Å²) in [6.45, 7) is 4.29. The maximum Gasteiger partial charge on any atom is 0.220 e. The van der Waals surface area contributed by atoms with Gasteiger partial charge in [-0.2, -0.15) is 0 Å². The van der Waals surface area contributed by atoms with Gasteiger partial charge in [0.1, 0.15) is 0 Å². The monoisotopic (exact) mass is 664 g/mol. The minimum absolute atomic E-state index is 0.0621. The van der Waals surface area contributed by atoms with Gasteiger partial charge in [-0.3, -0.25) is 4.79 Å². The molecule has 0 aromatic heterocycles. The Morgan fingerprint density at radius 1 is 0.489 bits per heavy atom. The molecule has 0 fully saturated rings. The molecule has 0 saturated heterocycles. The van der Waals surface area contributed by atoms with Gasteiger partial charge < -0.3 is 15.5 Å². The van der Waals surface area contributed by atoms with Crippen molar-refractivity contribution in [2.24, 2.45) is 0 Å². The van der Waals surface area contributed by atoms with E-state index >= 15 is 0 Å². The Bertz CT molecular complexity index is 637. The lowest BCUT2D eigenvalue weighted by Gasteiger charge is -2.20. The van der Waals surface area contributed by atoms with Crippen molar-refractivity contribution in [2.75, 3.05) is 6.61 Å². The highest BCUT2D eigenvalue weighted by Crippen LogP contribution is 2.16. The van der Waals surface area contributed by atoms with E-state index in [-0.39, 0.29) is 12.5 Å². The third-order valence-corrected chi connectivity index (χ3v) is 10.0. The lowest BCUT2D eigenvalue weighted by molar-refractivity contribution is -0.123. The Kier molecular flexibility index (Phi) is 38.8. The Morgan fingerprint density at radius 3 is 1.11 bits per heavy atom. The molecular formula is C43H85NO3. The van der Waals surface area contributed by atoms with Crippen molar-refractivity contribution in [1.29, 1.82) is 0 Å². The fraction of sp³-hybridized carbons (Fsp3) is 0.930. The summed E-state index contributed by atoms with van der Waals surface area (Å²) in [5, 5.41) is 22.8. The zero-order valence-corrected chi connectivity index (χ0v) is 32.1. The molecule has 0 aromatic carbocycles. The largest absolute Gasteiger partial charge is 0.394 e. The van der Waals surface area contributed by atoms with Crippen molar-refractivity contribution >= 4 is 5.91 Å². The van der Waals surface area contributed by atoms with Gasteiger partial charge in [0.2, 0.25) is 5.91 Å². The number of aliphatic hydroxyl groups is 2. The first-order valence-electron chi connectivity index (χ1n) is 21.4. The van der Waals surface area contributed by atoms with Gasteiger partial charge in [-0.25, -0.2) is 0 Å². The Morgan fingerprint density at radius 2 is 0.787 bits per heavy atom. The van der Waals surface area contributed by atoms with Gasteiger partial charge in [0.05, 0.1) is 18.8 Å². The maximum atomic E-state index is 12.3. The normalized spacial score (nSPS) is 13.0. The smallest absolute Gasteiger partial charge is 0.220 e. The van der Waals surface area contributed by atoms with Crippen molar-refractivity contribution in [3.8, 4) is 0 Å². The van der Waals surface area contributed by atoms with Gasteiger partial charge in [-0.15, -0.1) is 0 Å². The number of nitrogens with one attached hydrogen (secondary N) is 1. The number of amides is 1. The van der Waals surface area contributed by atoms with Gasteiger partial charge in [-0.05, 0) is 19.3 Å². The van der Waals surface area contributed by atoms with Gasteiger partial charge in [-0.1, -0.05) is 225 Å². The van der Waals surface area contributed by atoms with E-state index in [9.17, 15) is 15.0 Å². The van der Waals surface area contributed by atoms with E-state index in [1.54, 1.807) is 6.08 Å². The van der Waals surface area contributed by atoms with Gasteiger partial charge >= 0.3 is 0 Å². The summed E-state index contributed by atoms with van der Waals surface area (Å²) in [4.78, 5) is 12.3. The van der Waals surface area contributed by atoms with E-state index in [4.69, 9.17) is 0 Å². The average Bonchev–Trinajstić information content (AvgIpc) is 3.07. The fourth-order valence-corrected chi connectivity index (χ4v) is 6.71. The number of unbranched alkanes of at least 4 members (excludes halogenated alkanes) is 32. The highest BCUT2D eigenvalue weighted by atomic mass is 16.3. The molecule has 0 rings (SSSR count). The van der Waals surface area contributed by atoms with Crippen LogP contribution < -0.4 is 5.32 Å². The minimum Gasteiger partial charge on any atom is -0.394 e. The lowest BCUT2D eigenvalue weighted by atomic mass is 10.0. The molecule has 47 heavy (non-hydrogen) atoms. The second kappa shape index (κ2) is 39.6. The quantitative estimate of drug-likeness (QED) is 0.0453. The van der Waals surface area contributed by atoms with Crippen LogP contribution in [0.5, 0.6) is 0 Å². The molecule has 4 nitrogen and oxygen atoms in total. The molecule has 280 valence electrons. The number of hydrogen-bond acceptors (Lipinski definition) is 3. The van der Waals surface area contributed by atoms with E-state index in [0.29, 0.717) is 6.42 Å². The summed E-state index contributed by atoms with van der Waals surface area (Å²) >= 11 is 0. The molecule has 2 atom stereocenters. The topological polar surface area (TPSA) is 69.6 Å². The summed E-state index contributed by atoms with van der Waals surface area (Å²) in [6, 6.07) is -0.614. The molecule has 0 heterocycles. The minimum atomic E-state index is -0.831. The van der Waals surface area contributed by atoms with Crippen LogP contribution in [0.1, 0.15) is 239 Å². The van der Waals surface area contributed by atoms with Crippen LogP contribution in [-0.2, 0) is 4.79 Å². The molecule has 0 saturated carbocycles. The molecule has 0 aliphatic rings. The summed E-state index contributed by atoms with van der Waals surface area (Å²) in [7, 11) is 0. The summed E-state index contributed by atoms with van der Waals surface area (Å²) in [6.07, 6.45) is 49.1. The number of carbonyl (C=O) groups excluding carboxylic acids is 1. The number of allylic oxidation sites excluding steroid dienone is 1. The first-order valence-corrected chi connectivity index (χ1v) is 21.4. The van der Waals surface area contributed by atoms with Crippen LogP contribution in [-0.4, -0.2) is 34.9 Å². The number of carbonyl (C=O) groups is 1. The summed E-state index contributed by atoms with van der Waals surface area (Å²) in [5.74, 6) is -0.0621. The zero-order chi connectivity index (χ0) is 34.3. The van der Waals surface area contributed by atoms with Crippen molar-refractivity contribution in [3.63, 3.8) is 0 Å². The van der Waals surface area contributed by atoms with Crippen molar-refractivity contribution in [3.05, 3.63) is 12.2 Å². The predicted molar refractivity (Wildman–Crippen MR) is 207 cm³/mol. The van der Waals surface area contributed by atoms with Crippen molar-refractivity contribution in [2.45, 2.75) is 251 Å². The molecule has 0 aliphatic heterocycles. The second-order valence-electron chi connectivity index (χ2n) is 14.8. The third kappa shape index (κ3) is 36.2. The first-order chi connectivity index (χ1) is 23.2. The van der Waals surface area contributed by atoms with E-state index in [1.165, 1.54) is 193 Å². The van der Waals surface area contributed by atoms with Crippen LogP contribution in [0.3, 0.4) is 0 Å². The summed E-state index contributed by atoms with van der Waals surface area (Å²) < 4.78 is 0. The molecular weight excluding hydrogens is 578 g/mol. The van der Waals surface area contributed by atoms with E-state index in [2.05, 4.69) is 19.2 Å². The number of rotatable bonds is 39. The molecule has 1 amide bonds. The molecule has 0 aromatic rings. The molecule has 0 aliphatic carbocycles. The first kappa shape index (κ1) is 46.1. The molecule has 4 heteroatoms. The van der Waals surface area contributed by atoms with Crippen LogP contribution in [0.15, 0.2) is 12.2 Å². The molecule has 0 bridgehead atoms. The van der Waals surface area contributed by atoms with Gasteiger partial charge in [0, 0.05) is 6.42 Å². The van der Waals surface area contributed by atoms with Crippen molar-refractivity contribution in [1.82, 2.24) is 5.32 Å². The second-order valence-corrected chi connectivity index (χ2v) is 14.8. The predicted octanol–water partition coefficient (Wildman–Crippen LogP) is 13.1. The Labute approximate surface area is 295 Å². The van der Waals surface area contributed by atoms with Gasteiger partial charge in [0.15, 0.2) is 0 Å². The zero-order valence-electron chi connectivity index (χ0n) is 32.1. The number of hydrogen-bond donors (Lipinski definition) is 3. The maximum absolute atomic E-state index is 12.3. The fourth-order valence-electron chi connectivity index (χ4n) is 6.71. The molecule has 2 unspecified atom stereocenters. The highest BCUT2D eigenvalue weighted by molar-refractivity contribution is 5.76. The SMILES string of the molecule is CCCCCCCCC/C=C/C(O)C(CO)NC(=O)CCCCCCCCCCCCCCCCCCCCCCCCCCCC. The Hall–Kier alpha value is -0.870. The highest BCUT2D eigenvalue weighted by Gasteiger charge is 2.17. The van der Waals surface area contributed by atoms with E-state index in [0.717, 1.165) is 25.7 Å². The molecule has 3 N–H and O–H groups in total. The van der Waals surface area contributed by atoms with Crippen LogP contribution in [0.4, 0.5) is 0 Å². The van der Waals surface area contributed by atoms with Crippen LogP contribution in [0.25, 0.3) is 0 Å². The van der Waals surface area contributed by atoms with E-state index in [1.807, 2.05) is 6.08 Å². The van der Waals surface area contributed by atoms with Gasteiger partial charge in [0.25, 0.3) is 0 Å². The van der Waals surface area contributed by atoms with Crippen LogP contribution in [0, 0.1) is 0 Å². The Balaban J connectivity index is 3.41. The summed E-state index contributed by atoms with van der Waals surface area (Å²) in [5.41, 5.74) is 0. The van der Waals surface area contributed by atoms with Crippen LogP contribution >= 0.6 is 0 Å². The molecule has 0 radical (unpaired) electrons. The number of aliphatic hydroxyl groups excluding tert-OH is 2. The average molecular weight is 664 g/mol. The standard InChI is InChI=1S/C43H85NO3/c1-3-5-7-9-11-13-14-15-16-17-18-19-20-21-22-23-24-25-26-27-28-29-31-33-35-37-39-43(47)44-41(40-45)42(46)38-36-34-32-30-12-10-8-6-4-2/h36,38,41-42,45-46H,3-35,37,39-40H2,1-2H3,(H,44,47)/b38-36+. The molecule has 0 spiro atoms. The van der Waals surface area contributed by atoms with Crippen LogP contribution in [0.2, 0.25) is 0 Å². The van der Waals surface area contributed by atoms with Crippen molar-refractivity contribution < 1.29 is 15.0 Å². The lowest BCUT2D eigenvalue weighted by Crippen LogP contribution is -2.45. The van der Waals surface area contributed by atoms with E-state index < -0.39 is 12.1 Å². The third-order valence-electron chi connectivity index (χ3n) is 10.0.